The van der Waals surface area contributed by atoms with Gasteiger partial charge in [-0.05, 0) is 36.8 Å². The van der Waals surface area contributed by atoms with Crippen LogP contribution in [0, 0.1) is 6.92 Å². The Morgan fingerprint density at radius 1 is 1.35 bits per heavy atom. The number of hydrogen-bond donors (Lipinski definition) is 1. The normalized spacial score (nSPS) is 13.3. The van der Waals surface area contributed by atoms with Crippen LogP contribution in [-0.2, 0) is 16.1 Å². The molecule has 0 unspecified atom stereocenters. The summed E-state index contributed by atoms with van der Waals surface area (Å²) in [7, 11) is 0. The molecule has 6 nitrogen and oxygen atoms in total. The molecule has 3 rings (SSSR count). The van der Waals surface area contributed by atoms with E-state index in [0.717, 1.165) is 16.9 Å². The first-order valence-corrected chi connectivity index (χ1v) is 7.35. The molecule has 1 aromatic carbocycles. The summed E-state index contributed by atoms with van der Waals surface area (Å²) in [5.74, 6) is -0.0312. The summed E-state index contributed by atoms with van der Waals surface area (Å²) < 4.78 is 5.23. The van der Waals surface area contributed by atoms with E-state index in [1.54, 1.807) is 17.2 Å². The standard InChI is InChI=1S/C17H17N3O3/c1-12-5-6-14-15(8-12)23-17(22)11-20(14)10-16(21)19-9-13-4-2-3-7-18-13/h2-8H,9-11H2,1H3,(H,19,21). The zero-order valence-corrected chi connectivity index (χ0v) is 12.8. The first-order valence-electron chi connectivity index (χ1n) is 7.35. The van der Waals surface area contributed by atoms with E-state index in [2.05, 4.69) is 10.3 Å². The maximum atomic E-state index is 12.1. The van der Waals surface area contributed by atoms with Crippen LogP contribution in [0.3, 0.4) is 0 Å². The third kappa shape index (κ3) is 3.66. The van der Waals surface area contributed by atoms with Gasteiger partial charge in [0, 0.05) is 6.20 Å². The van der Waals surface area contributed by atoms with Crippen LogP contribution in [0.25, 0.3) is 0 Å². The molecule has 0 aliphatic carbocycles. The highest BCUT2D eigenvalue weighted by atomic mass is 16.5. The van der Waals surface area contributed by atoms with Gasteiger partial charge in [0.05, 0.1) is 24.5 Å². The minimum absolute atomic E-state index is 0.0626. The van der Waals surface area contributed by atoms with Crippen LogP contribution in [-0.4, -0.2) is 29.9 Å². The lowest BCUT2D eigenvalue weighted by Gasteiger charge is -2.29. The van der Waals surface area contributed by atoms with Gasteiger partial charge in [0.15, 0.2) is 5.75 Å². The van der Waals surface area contributed by atoms with Crippen molar-refractivity contribution in [3.63, 3.8) is 0 Å². The topological polar surface area (TPSA) is 71.5 Å². The molecule has 6 heteroatoms. The summed E-state index contributed by atoms with van der Waals surface area (Å²) in [5, 5.41) is 2.81. The Morgan fingerprint density at radius 2 is 2.22 bits per heavy atom. The second kappa shape index (κ2) is 6.48. The van der Waals surface area contributed by atoms with Crippen LogP contribution in [0.5, 0.6) is 5.75 Å². The molecule has 23 heavy (non-hydrogen) atoms. The third-order valence-electron chi connectivity index (χ3n) is 3.53. The molecule has 0 atom stereocenters. The Balaban J connectivity index is 1.66. The molecule has 1 amide bonds. The summed E-state index contributed by atoms with van der Waals surface area (Å²) in [4.78, 5) is 29.7. The van der Waals surface area contributed by atoms with E-state index >= 15 is 0 Å². The van der Waals surface area contributed by atoms with E-state index in [1.807, 2.05) is 37.3 Å². The van der Waals surface area contributed by atoms with Crippen LogP contribution in [0.4, 0.5) is 5.69 Å². The fraction of sp³-hybridized carbons (Fsp3) is 0.235. The number of fused-ring (bicyclic) bond motifs is 1. The predicted octanol–water partition coefficient (Wildman–Crippen LogP) is 1.43. The SMILES string of the molecule is Cc1ccc2c(c1)OC(=O)CN2CC(=O)NCc1ccccn1. The minimum atomic E-state index is -0.361. The van der Waals surface area contributed by atoms with Crippen molar-refractivity contribution in [3.05, 3.63) is 53.9 Å². The number of pyridine rings is 1. The highest BCUT2D eigenvalue weighted by Gasteiger charge is 2.25. The quantitative estimate of drug-likeness (QED) is 0.683. The van der Waals surface area contributed by atoms with Crippen molar-refractivity contribution in [2.24, 2.45) is 0 Å². The second-order valence-corrected chi connectivity index (χ2v) is 5.40. The molecule has 1 aliphatic heterocycles. The lowest BCUT2D eigenvalue weighted by Crippen LogP contribution is -2.43. The predicted molar refractivity (Wildman–Crippen MR) is 85.1 cm³/mol. The Morgan fingerprint density at radius 3 is 3.00 bits per heavy atom. The van der Waals surface area contributed by atoms with Gasteiger partial charge in [-0.15, -0.1) is 0 Å². The number of carbonyl (C=O) groups excluding carboxylic acids is 2. The number of benzene rings is 1. The third-order valence-corrected chi connectivity index (χ3v) is 3.53. The number of nitrogens with zero attached hydrogens (tertiary/aromatic N) is 2. The van der Waals surface area contributed by atoms with E-state index in [-0.39, 0.29) is 25.0 Å². The van der Waals surface area contributed by atoms with E-state index in [0.29, 0.717) is 12.3 Å². The number of amides is 1. The van der Waals surface area contributed by atoms with Crippen molar-refractivity contribution in [1.82, 2.24) is 10.3 Å². The number of hydrogen-bond acceptors (Lipinski definition) is 5. The van der Waals surface area contributed by atoms with E-state index < -0.39 is 0 Å². The van der Waals surface area contributed by atoms with E-state index in [4.69, 9.17) is 4.74 Å². The molecular formula is C17H17N3O3. The van der Waals surface area contributed by atoms with Gasteiger partial charge >= 0.3 is 5.97 Å². The maximum Gasteiger partial charge on any atom is 0.331 e. The molecule has 0 radical (unpaired) electrons. The molecule has 2 aromatic rings. The van der Waals surface area contributed by atoms with Crippen molar-refractivity contribution in [3.8, 4) is 5.75 Å². The largest absolute Gasteiger partial charge is 0.423 e. The molecule has 0 saturated heterocycles. The molecule has 1 aromatic heterocycles. The number of ether oxygens (including phenoxy) is 1. The number of rotatable bonds is 4. The van der Waals surface area contributed by atoms with E-state index in [9.17, 15) is 9.59 Å². The smallest absolute Gasteiger partial charge is 0.331 e. The number of nitrogens with one attached hydrogen (secondary N) is 1. The van der Waals surface area contributed by atoms with Crippen molar-refractivity contribution >= 4 is 17.6 Å². The number of esters is 1. The fourth-order valence-corrected chi connectivity index (χ4v) is 2.42. The van der Waals surface area contributed by atoms with Crippen molar-refractivity contribution in [1.29, 1.82) is 0 Å². The first kappa shape index (κ1) is 15.0. The number of aromatic nitrogens is 1. The average Bonchev–Trinajstić information content (AvgIpc) is 2.53. The lowest BCUT2D eigenvalue weighted by molar-refractivity contribution is -0.133. The van der Waals surface area contributed by atoms with E-state index in [1.165, 1.54) is 0 Å². The zero-order valence-electron chi connectivity index (χ0n) is 12.8. The zero-order chi connectivity index (χ0) is 16.2. The van der Waals surface area contributed by atoms with Crippen LogP contribution >= 0.6 is 0 Å². The number of anilines is 1. The van der Waals surface area contributed by atoms with Gasteiger partial charge in [-0.1, -0.05) is 12.1 Å². The molecule has 1 aliphatic rings. The Kier molecular flexibility index (Phi) is 4.23. The first-order chi connectivity index (χ1) is 11.1. The number of carbonyl (C=O) groups is 2. The van der Waals surface area contributed by atoms with Crippen molar-refractivity contribution in [2.75, 3.05) is 18.0 Å². The summed E-state index contributed by atoms with van der Waals surface area (Å²) >= 11 is 0. The van der Waals surface area contributed by atoms with Gasteiger partial charge in [0.25, 0.3) is 0 Å². The van der Waals surface area contributed by atoms with Gasteiger partial charge in [-0.3, -0.25) is 9.78 Å². The van der Waals surface area contributed by atoms with Gasteiger partial charge in [-0.2, -0.15) is 0 Å². The maximum absolute atomic E-state index is 12.1. The molecule has 0 saturated carbocycles. The molecule has 0 bridgehead atoms. The highest BCUT2D eigenvalue weighted by molar-refractivity contribution is 5.89. The Labute approximate surface area is 134 Å². The lowest BCUT2D eigenvalue weighted by atomic mass is 10.1. The summed E-state index contributed by atoms with van der Waals surface area (Å²) in [5.41, 5.74) is 2.54. The number of aryl methyl sites for hydroxylation is 1. The van der Waals surface area contributed by atoms with Crippen LogP contribution in [0.2, 0.25) is 0 Å². The average molecular weight is 311 g/mol. The van der Waals surface area contributed by atoms with Gasteiger partial charge in [-0.25, -0.2) is 4.79 Å². The van der Waals surface area contributed by atoms with Crippen LogP contribution in [0.15, 0.2) is 42.6 Å². The fourth-order valence-electron chi connectivity index (χ4n) is 2.42. The van der Waals surface area contributed by atoms with Crippen molar-refractivity contribution in [2.45, 2.75) is 13.5 Å². The summed E-state index contributed by atoms with van der Waals surface area (Å²) in [6, 6.07) is 11.1. The molecule has 0 fully saturated rings. The van der Waals surface area contributed by atoms with Gasteiger partial charge in [0.2, 0.25) is 5.91 Å². The van der Waals surface area contributed by atoms with Gasteiger partial charge in [0.1, 0.15) is 6.54 Å². The van der Waals surface area contributed by atoms with Crippen LogP contribution in [0.1, 0.15) is 11.3 Å². The monoisotopic (exact) mass is 311 g/mol. The van der Waals surface area contributed by atoms with Crippen LogP contribution < -0.4 is 15.0 Å². The highest BCUT2D eigenvalue weighted by Crippen LogP contribution is 2.32. The molecule has 0 spiro atoms. The Hall–Kier alpha value is -2.89. The second-order valence-electron chi connectivity index (χ2n) is 5.40. The van der Waals surface area contributed by atoms with Gasteiger partial charge < -0.3 is 15.0 Å². The summed E-state index contributed by atoms with van der Waals surface area (Å²) in [6.07, 6.45) is 1.68. The molecule has 2 heterocycles. The summed E-state index contributed by atoms with van der Waals surface area (Å²) in [6.45, 7) is 2.44. The molecule has 1 N–H and O–H groups in total. The Bertz CT molecular complexity index is 731. The molecular weight excluding hydrogens is 294 g/mol. The molecule has 118 valence electrons. The van der Waals surface area contributed by atoms with Crippen molar-refractivity contribution < 1.29 is 14.3 Å². The minimum Gasteiger partial charge on any atom is -0.423 e.